The summed E-state index contributed by atoms with van der Waals surface area (Å²) >= 11 is 0. The van der Waals surface area contributed by atoms with Crippen molar-refractivity contribution in [3.8, 4) is 5.69 Å². The van der Waals surface area contributed by atoms with Crippen LogP contribution in [0.15, 0.2) is 53.3 Å². The minimum atomic E-state index is -3.82. The maximum Gasteiger partial charge on any atom is 0.407 e. The lowest BCUT2D eigenvalue weighted by molar-refractivity contribution is 0.0532. The molecule has 0 aliphatic rings. The molecule has 2 rings (SSSR count). The average Bonchev–Trinajstić information content (AvgIpc) is 3.03. The molecule has 0 fully saturated rings. The van der Waals surface area contributed by atoms with E-state index in [-0.39, 0.29) is 23.3 Å². The van der Waals surface area contributed by atoms with E-state index in [2.05, 4.69) is 10.4 Å². The number of halogens is 1. The van der Waals surface area contributed by atoms with Crippen LogP contribution in [0.4, 0.5) is 9.18 Å². The van der Waals surface area contributed by atoms with Crippen molar-refractivity contribution >= 4 is 15.9 Å². The summed E-state index contributed by atoms with van der Waals surface area (Å²) in [6.45, 7) is 6.63. The van der Waals surface area contributed by atoms with E-state index in [1.165, 1.54) is 12.1 Å². The van der Waals surface area contributed by atoms with Gasteiger partial charge in [-0.3, -0.25) is 0 Å². The Balaban J connectivity index is 2.10. The van der Waals surface area contributed by atoms with Crippen molar-refractivity contribution in [2.45, 2.75) is 38.2 Å². The van der Waals surface area contributed by atoms with Crippen LogP contribution >= 0.6 is 0 Å². The van der Waals surface area contributed by atoms with Crippen molar-refractivity contribution < 1.29 is 22.3 Å². The first-order chi connectivity index (χ1) is 13.0. The molecule has 0 unspecified atom stereocenters. The maximum atomic E-state index is 13.2. The lowest BCUT2D eigenvalue weighted by Crippen LogP contribution is -2.34. The first-order valence-corrected chi connectivity index (χ1v) is 10.3. The summed E-state index contributed by atoms with van der Waals surface area (Å²) in [5, 5.41) is 6.60. The van der Waals surface area contributed by atoms with Gasteiger partial charge in [0.2, 0.25) is 0 Å². The number of nitrogens with zero attached hydrogens (tertiary/aromatic N) is 2. The van der Waals surface area contributed by atoms with Gasteiger partial charge in [-0.2, -0.15) is 5.10 Å². The van der Waals surface area contributed by atoms with Crippen LogP contribution in [-0.4, -0.2) is 42.2 Å². The van der Waals surface area contributed by atoms with Crippen LogP contribution in [-0.2, 0) is 14.6 Å². The molecule has 1 heterocycles. The third-order valence-corrected chi connectivity index (χ3v) is 5.28. The number of rotatable bonds is 6. The number of aryl methyl sites for hydroxylation is 1. The highest BCUT2D eigenvalue weighted by molar-refractivity contribution is 7.91. The molecule has 1 N–H and O–H groups in total. The molecule has 7 nitrogen and oxygen atoms in total. The molecule has 0 saturated carbocycles. The second-order valence-electron chi connectivity index (χ2n) is 7.28. The number of sulfone groups is 1. The predicted octanol–water partition coefficient (Wildman–Crippen LogP) is 3.33. The third kappa shape index (κ3) is 6.19. The molecule has 152 valence electrons. The Morgan fingerprint density at radius 3 is 2.61 bits per heavy atom. The van der Waals surface area contributed by atoms with Crippen LogP contribution < -0.4 is 5.32 Å². The Kier molecular flexibility index (Phi) is 6.60. The van der Waals surface area contributed by atoms with Gasteiger partial charge in [0, 0.05) is 12.7 Å². The predicted molar refractivity (Wildman–Crippen MR) is 104 cm³/mol. The number of benzene rings is 1. The van der Waals surface area contributed by atoms with E-state index in [9.17, 15) is 17.6 Å². The van der Waals surface area contributed by atoms with Gasteiger partial charge in [0.25, 0.3) is 0 Å². The van der Waals surface area contributed by atoms with Gasteiger partial charge >= 0.3 is 6.09 Å². The molecule has 1 aromatic carbocycles. The summed E-state index contributed by atoms with van der Waals surface area (Å²) in [6, 6.07) is 8.02. The van der Waals surface area contributed by atoms with E-state index >= 15 is 0 Å². The summed E-state index contributed by atoms with van der Waals surface area (Å²) in [5.74, 6) is -0.569. The van der Waals surface area contributed by atoms with E-state index in [1.54, 1.807) is 49.8 Å². The van der Waals surface area contributed by atoms with Crippen LogP contribution in [0.3, 0.4) is 0 Å². The summed E-state index contributed by atoms with van der Waals surface area (Å²) in [7, 11) is -3.82. The fraction of sp³-hybridized carbons (Fsp3) is 0.368. The number of hydrogen-bond acceptors (Lipinski definition) is 5. The number of alkyl carbamates (subject to hydrolysis) is 1. The molecular formula is C19H24FN3O4S. The first-order valence-electron chi connectivity index (χ1n) is 8.60. The van der Waals surface area contributed by atoms with Crippen LogP contribution in [0.1, 0.15) is 26.5 Å². The zero-order valence-corrected chi connectivity index (χ0v) is 17.1. The molecule has 0 radical (unpaired) electrons. The number of hydrogen-bond donors (Lipinski definition) is 1. The van der Waals surface area contributed by atoms with Gasteiger partial charge in [0.15, 0.2) is 9.84 Å². The van der Waals surface area contributed by atoms with Crippen LogP contribution in [0.25, 0.3) is 5.69 Å². The normalized spacial score (nSPS) is 12.7. The maximum absolute atomic E-state index is 13.2. The molecule has 0 atom stereocenters. The van der Waals surface area contributed by atoms with Gasteiger partial charge < -0.3 is 10.1 Å². The van der Waals surface area contributed by atoms with E-state index in [1.807, 2.05) is 6.92 Å². The highest BCUT2D eigenvalue weighted by Gasteiger charge is 2.20. The average molecular weight is 409 g/mol. The summed E-state index contributed by atoms with van der Waals surface area (Å²) in [4.78, 5) is 11.7. The number of aromatic nitrogens is 2. The second kappa shape index (κ2) is 8.55. The Morgan fingerprint density at radius 2 is 2.04 bits per heavy atom. The van der Waals surface area contributed by atoms with Crippen molar-refractivity contribution in [3.05, 3.63) is 54.1 Å². The van der Waals surface area contributed by atoms with Crippen LogP contribution in [0, 0.1) is 6.92 Å². The topological polar surface area (TPSA) is 90.3 Å². The smallest absolute Gasteiger partial charge is 0.407 e. The number of ether oxygens (including phenoxy) is 1. The molecule has 0 aliphatic carbocycles. The fourth-order valence-corrected chi connectivity index (χ4v) is 3.73. The number of carbonyl (C=O) groups excluding carboxylic acids is 1. The van der Waals surface area contributed by atoms with E-state index in [0.717, 1.165) is 5.69 Å². The molecule has 0 aliphatic heterocycles. The molecule has 28 heavy (non-hydrogen) atoms. The van der Waals surface area contributed by atoms with Gasteiger partial charge in [0.1, 0.15) is 5.60 Å². The summed E-state index contributed by atoms with van der Waals surface area (Å²) in [5.41, 5.74) is 0.572. The number of amides is 1. The van der Waals surface area contributed by atoms with Crippen molar-refractivity contribution in [1.29, 1.82) is 0 Å². The molecule has 0 saturated heterocycles. The van der Waals surface area contributed by atoms with Gasteiger partial charge in [-0.25, -0.2) is 22.3 Å². The molecule has 2 aromatic rings. The Bertz CT molecular complexity index is 975. The largest absolute Gasteiger partial charge is 0.444 e. The Labute approximate surface area is 164 Å². The second-order valence-corrected chi connectivity index (χ2v) is 9.27. The number of nitrogens with one attached hydrogen (secondary N) is 1. The molecule has 0 spiro atoms. The highest BCUT2D eigenvalue weighted by Crippen LogP contribution is 2.18. The van der Waals surface area contributed by atoms with E-state index < -0.39 is 27.3 Å². The first kappa shape index (κ1) is 21.6. The molecule has 1 aromatic heterocycles. The monoisotopic (exact) mass is 409 g/mol. The molecule has 0 bridgehead atoms. The van der Waals surface area contributed by atoms with Gasteiger partial charge in [0.05, 0.1) is 28.4 Å². The van der Waals surface area contributed by atoms with Crippen molar-refractivity contribution in [1.82, 2.24) is 15.1 Å². The van der Waals surface area contributed by atoms with Gasteiger partial charge in [-0.15, -0.1) is 0 Å². The lowest BCUT2D eigenvalue weighted by Gasteiger charge is -2.20. The molecule has 9 heteroatoms. The fourth-order valence-electron chi connectivity index (χ4n) is 2.33. The van der Waals surface area contributed by atoms with Crippen molar-refractivity contribution in [2.75, 3.05) is 12.3 Å². The molecule has 1 amide bonds. The zero-order valence-electron chi connectivity index (χ0n) is 16.3. The third-order valence-electron chi connectivity index (χ3n) is 3.55. The quantitative estimate of drug-likeness (QED) is 0.790. The van der Waals surface area contributed by atoms with E-state index in [0.29, 0.717) is 5.69 Å². The lowest BCUT2D eigenvalue weighted by atomic mass is 10.2. The van der Waals surface area contributed by atoms with Gasteiger partial charge in [-0.1, -0.05) is 6.07 Å². The van der Waals surface area contributed by atoms with Crippen molar-refractivity contribution in [3.63, 3.8) is 0 Å². The van der Waals surface area contributed by atoms with Gasteiger partial charge in [-0.05, 0) is 57.5 Å². The Morgan fingerprint density at radius 1 is 1.32 bits per heavy atom. The molecular weight excluding hydrogens is 385 g/mol. The minimum Gasteiger partial charge on any atom is -0.444 e. The van der Waals surface area contributed by atoms with E-state index in [4.69, 9.17) is 4.74 Å². The van der Waals surface area contributed by atoms with Crippen molar-refractivity contribution in [2.24, 2.45) is 0 Å². The van der Waals surface area contributed by atoms with Crippen LogP contribution in [0.5, 0.6) is 0 Å². The Hall–Kier alpha value is -2.68. The summed E-state index contributed by atoms with van der Waals surface area (Å²) in [6.07, 6.45) is 1.16. The highest BCUT2D eigenvalue weighted by atomic mass is 32.2. The summed E-state index contributed by atoms with van der Waals surface area (Å²) < 4.78 is 45.2. The van der Waals surface area contributed by atoms with Crippen LogP contribution in [0.2, 0.25) is 0 Å². The minimum absolute atomic E-state index is 0.0368. The standard InChI is InChI=1S/C19H24FN3O4S/c1-14-8-9-23(22-14)16-6-5-7-17(10-16)28(25,26)13-15(11-20)12-21-18(24)27-19(2,3)4/h5-11H,12-13H2,1-4H3,(H,21,24)/b15-11+. The number of carbonyl (C=O) groups is 1. The SMILES string of the molecule is Cc1ccn(-c2cccc(S(=O)(=O)C/C(=C/F)CNC(=O)OC(C)(C)C)c2)n1. The zero-order chi connectivity index (χ0) is 20.9.